The van der Waals surface area contributed by atoms with Crippen molar-refractivity contribution in [3.05, 3.63) is 24.3 Å². The third-order valence-corrected chi connectivity index (χ3v) is 2.96. The van der Waals surface area contributed by atoms with Crippen LogP contribution in [-0.4, -0.2) is 17.4 Å². The van der Waals surface area contributed by atoms with Crippen molar-refractivity contribution in [2.75, 3.05) is 6.61 Å². The minimum atomic E-state index is 0.327. The molecule has 0 aromatic rings. The van der Waals surface area contributed by atoms with Crippen LogP contribution in [0.4, 0.5) is 0 Å². The Morgan fingerprint density at radius 1 is 1.17 bits per heavy atom. The van der Waals surface area contributed by atoms with E-state index >= 15 is 0 Å². The summed E-state index contributed by atoms with van der Waals surface area (Å²) in [6, 6.07) is 0. The van der Waals surface area contributed by atoms with E-state index in [2.05, 4.69) is 33.5 Å². The largest absolute Gasteiger partial charge is 0.396 e. The van der Waals surface area contributed by atoms with Gasteiger partial charge in [-0.2, -0.15) is 0 Å². The Bertz CT molecular complexity index is 175. The lowest BCUT2D eigenvalue weighted by molar-refractivity contribution is 0.280. The smallest absolute Gasteiger partial charge is 0.0431 e. The molecule has 2 heteroatoms. The summed E-state index contributed by atoms with van der Waals surface area (Å²) < 4.78 is 0. The predicted molar refractivity (Wildman–Crippen MR) is 56.2 cm³/mol. The average Bonchev–Trinajstić information content (AvgIpc) is 2.09. The molecule has 1 rings (SSSR count). The van der Waals surface area contributed by atoms with Crippen molar-refractivity contribution in [2.24, 2.45) is 5.92 Å². The van der Waals surface area contributed by atoms with Gasteiger partial charge in [0.15, 0.2) is 0 Å². The highest BCUT2D eigenvalue weighted by atomic mass is 31.0. The monoisotopic (exact) mass is 184 g/mol. The molecule has 1 nitrogen and oxygen atoms in total. The van der Waals surface area contributed by atoms with Crippen LogP contribution in [0.5, 0.6) is 0 Å². The van der Waals surface area contributed by atoms with Crippen LogP contribution in [-0.2, 0) is 0 Å². The van der Waals surface area contributed by atoms with Crippen LogP contribution in [0.15, 0.2) is 24.3 Å². The Morgan fingerprint density at radius 2 is 1.92 bits per heavy atom. The Balaban J connectivity index is 2.23. The Hall–Kier alpha value is -0.130. The topological polar surface area (TPSA) is 20.2 Å². The molecule has 0 aliphatic heterocycles. The lowest BCUT2D eigenvalue weighted by atomic mass is 9.94. The molecule has 68 valence electrons. The minimum absolute atomic E-state index is 0.327. The third-order valence-electron chi connectivity index (χ3n) is 2.24. The molecular formula is C10H17OP. The fraction of sp³-hybridized carbons (Fsp3) is 0.600. The summed E-state index contributed by atoms with van der Waals surface area (Å²) >= 11 is 0. The molecule has 1 aliphatic rings. The van der Waals surface area contributed by atoms with E-state index in [-0.39, 0.29) is 0 Å². The second-order valence-corrected chi connectivity index (χ2v) is 4.00. The highest BCUT2D eigenvalue weighted by Crippen LogP contribution is 2.24. The molecule has 0 bridgehead atoms. The molecule has 12 heavy (non-hydrogen) atoms. The van der Waals surface area contributed by atoms with E-state index in [4.69, 9.17) is 5.11 Å². The summed E-state index contributed by atoms with van der Waals surface area (Å²) in [5.41, 5.74) is 0.591. The van der Waals surface area contributed by atoms with Crippen molar-refractivity contribution < 1.29 is 5.11 Å². The maximum absolute atomic E-state index is 8.62. The van der Waals surface area contributed by atoms with E-state index in [9.17, 15) is 0 Å². The lowest BCUT2D eigenvalue weighted by Gasteiger charge is -2.19. The van der Waals surface area contributed by atoms with E-state index in [0.29, 0.717) is 18.2 Å². The first kappa shape index (κ1) is 9.95. The number of aliphatic hydroxyl groups is 1. The molecule has 0 spiro atoms. The molecule has 0 aromatic heterocycles. The van der Waals surface area contributed by atoms with E-state index in [1.165, 1.54) is 6.42 Å². The average molecular weight is 184 g/mol. The lowest BCUT2D eigenvalue weighted by Crippen LogP contribution is -2.11. The molecule has 0 fully saturated rings. The van der Waals surface area contributed by atoms with Crippen molar-refractivity contribution in [3.8, 4) is 0 Å². The summed E-state index contributed by atoms with van der Waals surface area (Å²) in [4.78, 5) is 0. The van der Waals surface area contributed by atoms with Crippen LogP contribution in [0.25, 0.3) is 0 Å². The number of hydrogen-bond acceptors (Lipinski definition) is 1. The van der Waals surface area contributed by atoms with E-state index in [0.717, 1.165) is 12.8 Å². The van der Waals surface area contributed by atoms with Gasteiger partial charge < -0.3 is 5.11 Å². The normalized spacial score (nSPS) is 27.8. The quantitative estimate of drug-likeness (QED) is 0.524. The number of rotatable bonds is 4. The van der Waals surface area contributed by atoms with E-state index in [1.807, 2.05) is 0 Å². The number of allylic oxidation sites excluding steroid dienone is 4. The molecule has 0 saturated heterocycles. The minimum Gasteiger partial charge on any atom is -0.396 e. The molecule has 1 aliphatic carbocycles. The van der Waals surface area contributed by atoms with Crippen molar-refractivity contribution in [1.29, 1.82) is 0 Å². The van der Waals surface area contributed by atoms with Gasteiger partial charge in [0.25, 0.3) is 0 Å². The molecule has 0 aromatic carbocycles. The third kappa shape index (κ3) is 3.08. The fourth-order valence-electron chi connectivity index (χ4n) is 1.45. The van der Waals surface area contributed by atoms with Gasteiger partial charge in [-0.05, 0) is 24.4 Å². The second kappa shape index (κ2) is 5.50. The zero-order chi connectivity index (χ0) is 8.81. The van der Waals surface area contributed by atoms with Crippen LogP contribution < -0.4 is 0 Å². The Kier molecular flexibility index (Phi) is 4.57. The molecular weight excluding hydrogens is 167 g/mol. The van der Waals surface area contributed by atoms with Gasteiger partial charge in [-0.25, -0.2) is 0 Å². The summed E-state index contributed by atoms with van der Waals surface area (Å²) in [6.45, 7) is 0.327. The number of aliphatic hydroxyl groups excluding tert-OH is 1. The first-order chi connectivity index (χ1) is 5.84. The van der Waals surface area contributed by atoms with Crippen LogP contribution in [0.2, 0.25) is 0 Å². The Morgan fingerprint density at radius 3 is 2.58 bits per heavy atom. The van der Waals surface area contributed by atoms with Crippen molar-refractivity contribution in [3.63, 3.8) is 0 Å². The van der Waals surface area contributed by atoms with Gasteiger partial charge in [0.2, 0.25) is 0 Å². The second-order valence-electron chi connectivity index (χ2n) is 3.23. The van der Waals surface area contributed by atoms with Crippen LogP contribution in [0, 0.1) is 5.92 Å². The van der Waals surface area contributed by atoms with Gasteiger partial charge >= 0.3 is 0 Å². The predicted octanol–water partition coefficient (Wildman–Crippen LogP) is 2.13. The highest BCUT2D eigenvalue weighted by Gasteiger charge is 2.12. The SMILES string of the molecule is OCCCCC1C=CC=CC1P. The first-order valence-corrected chi connectivity index (χ1v) is 5.22. The summed E-state index contributed by atoms with van der Waals surface area (Å²) in [5, 5.41) is 8.62. The van der Waals surface area contributed by atoms with Crippen molar-refractivity contribution >= 4 is 9.24 Å². The van der Waals surface area contributed by atoms with Gasteiger partial charge in [0.05, 0.1) is 0 Å². The van der Waals surface area contributed by atoms with E-state index < -0.39 is 0 Å². The zero-order valence-corrected chi connectivity index (χ0v) is 8.47. The Labute approximate surface area is 76.8 Å². The maximum atomic E-state index is 8.62. The summed E-state index contributed by atoms with van der Waals surface area (Å²) in [5.74, 6) is 0.659. The van der Waals surface area contributed by atoms with Gasteiger partial charge in [-0.15, -0.1) is 9.24 Å². The molecule has 0 saturated carbocycles. The molecule has 3 unspecified atom stereocenters. The number of unbranched alkanes of at least 4 members (excludes halogenated alkanes) is 1. The number of hydrogen-bond donors (Lipinski definition) is 1. The van der Waals surface area contributed by atoms with Crippen LogP contribution in [0.1, 0.15) is 19.3 Å². The van der Waals surface area contributed by atoms with Gasteiger partial charge in [0.1, 0.15) is 0 Å². The molecule has 1 N–H and O–H groups in total. The molecule has 0 heterocycles. The van der Waals surface area contributed by atoms with E-state index in [1.54, 1.807) is 0 Å². The van der Waals surface area contributed by atoms with Crippen LogP contribution in [0.3, 0.4) is 0 Å². The fourth-order valence-corrected chi connectivity index (χ4v) is 1.90. The molecule has 0 amide bonds. The summed E-state index contributed by atoms with van der Waals surface area (Å²) in [7, 11) is 2.85. The highest BCUT2D eigenvalue weighted by molar-refractivity contribution is 7.18. The molecule has 3 atom stereocenters. The van der Waals surface area contributed by atoms with Crippen LogP contribution >= 0.6 is 9.24 Å². The van der Waals surface area contributed by atoms with Crippen molar-refractivity contribution in [1.82, 2.24) is 0 Å². The molecule has 0 radical (unpaired) electrons. The van der Waals surface area contributed by atoms with Gasteiger partial charge in [-0.3, -0.25) is 0 Å². The summed E-state index contributed by atoms with van der Waals surface area (Å²) in [6.07, 6.45) is 11.9. The first-order valence-electron chi connectivity index (χ1n) is 4.56. The van der Waals surface area contributed by atoms with Crippen molar-refractivity contribution in [2.45, 2.75) is 24.9 Å². The zero-order valence-electron chi connectivity index (χ0n) is 7.32. The maximum Gasteiger partial charge on any atom is 0.0431 e. The standard InChI is InChI=1S/C10H17OP/c11-8-4-3-6-9-5-1-2-7-10(9)12/h1-2,5,7,9-11H,3-4,6,8,12H2. The van der Waals surface area contributed by atoms with Gasteiger partial charge in [-0.1, -0.05) is 30.7 Å². The van der Waals surface area contributed by atoms with Gasteiger partial charge in [0, 0.05) is 6.61 Å².